The second kappa shape index (κ2) is 9.77. The van der Waals surface area contributed by atoms with E-state index in [0.29, 0.717) is 23.3 Å². The van der Waals surface area contributed by atoms with E-state index in [1.807, 2.05) is 22.2 Å². The molecule has 0 unspecified atom stereocenters. The molecule has 0 spiro atoms. The number of hydrogen-bond donors (Lipinski definition) is 1. The van der Waals surface area contributed by atoms with Gasteiger partial charge in [-0.1, -0.05) is 37.6 Å². The zero-order valence-electron chi connectivity index (χ0n) is 16.6. The molecule has 0 bridgehead atoms. The van der Waals surface area contributed by atoms with Crippen LogP contribution in [0.4, 0.5) is 5.13 Å². The van der Waals surface area contributed by atoms with Gasteiger partial charge in [-0.3, -0.25) is 4.79 Å². The number of rotatable bonds is 9. The fourth-order valence-corrected chi connectivity index (χ4v) is 4.31. The van der Waals surface area contributed by atoms with Crippen molar-refractivity contribution in [3.63, 3.8) is 0 Å². The molecule has 3 heterocycles. The maximum atomic E-state index is 12.3. The minimum absolute atomic E-state index is 0.124. The van der Waals surface area contributed by atoms with Crippen LogP contribution < -0.4 is 5.32 Å². The Morgan fingerprint density at radius 2 is 1.93 bits per heavy atom. The van der Waals surface area contributed by atoms with Crippen LogP contribution in [-0.4, -0.2) is 21.1 Å². The Morgan fingerprint density at radius 1 is 1.07 bits per heavy atom. The Kier molecular flexibility index (Phi) is 6.66. The smallest absolute Gasteiger partial charge is 0.248 e. The maximum Gasteiger partial charge on any atom is 0.248 e. The van der Waals surface area contributed by atoms with Crippen LogP contribution in [0.5, 0.6) is 0 Å². The molecule has 1 aromatic carbocycles. The highest BCUT2D eigenvalue weighted by Crippen LogP contribution is 2.26. The predicted octanol–water partition coefficient (Wildman–Crippen LogP) is 5.84. The molecule has 1 amide bonds. The highest BCUT2D eigenvalue weighted by molar-refractivity contribution is 7.14. The average molecular weight is 439 g/mol. The monoisotopic (exact) mass is 438 g/mol. The normalized spacial score (nSPS) is 11.0. The number of unbranched alkanes of at least 4 members (excludes halogenated alkanes) is 1. The highest BCUT2D eigenvalue weighted by atomic mass is 32.1. The van der Waals surface area contributed by atoms with Crippen molar-refractivity contribution in [3.8, 4) is 22.7 Å². The summed E-state index contributed by atoms with van der Waals surface area (Å²) in [6.07, 6.45) is 4.14. The first-order chi connectivity index (χ1) is 14.7. The van der Waals surface area contributed by atoms with Gasteiger partial charge in [0, 0.05) is 34.7 Å². The van der Waals surface area contributed by atoms with Crippen molar-refractivity contribution < 1.29 is 9.21 Å². The lowest BCUT2D eigenvalue weighted by Gasteiger charge is -2.02. The molecule has 154 valence electrons. The van der Waals surface area contributed by atoms with Crippen LogP contribution in [0.25, 0.3) is 22.7 Å². The molecule has 0 radical (unpaired) electrons. The predicted molar refractivity (Wildman–Crippen MR) is 121 cm³/mol. The van der Waals surface area contributed by atoms with Gasteiger partial charge in [-0.25, -0.2) is 4.98 Å². The molecule has 0 aliphatic heterocycles. The minimum atomic E-state index is -0.124. The fourth-order valence-electron chi connectivity index (χ4n) is 2.95. The molecule has 4 aromatic rings. The summed E-state index contributed by atoms with van der Waals surface area (Å²) in [6.45, 7) is 2.20. The van der Waals surface area contributed by atoms with Gasteiger partial charge in [0.1, 0.15) is 0 Å². The summed E-state index contributed by atoms with van der Waals surface area (Å²) in [7, 11) is 0. The summed E-state index contributed by atoms with van der Waals surface area (Å²) in [4.78, 5) is 16.8. The standard InChI is InChI=1S/C22H22N4O2S2/c1-2-3-4-15-5-7-16(8-6-15)18-14-30-22(23-18)24-19(27)9-10-20-25-26-21(28-20)17-11-12-29-13-17/h5-8,11-14H,2-4,9-10H2,1H3,(H,23,24,27). The molecule has 3 aromatic heterocycles. The van der Waals surface area contributed by atoms with Gasteiger partial charge in [0.2, 0.25) is 17.7 Å². The van der Waals surface area contributed by atoms with Crippen LogP contribution in [0.15, 0.2) is 50.9 Å². The SMILES string of the molecule is CCCCc1ccc(-c2csc(NC(=O)CCc3nnc(-c4ccsc4)o3)n2)cc1. The Bertz CT molecular complexity index is 1080. The zero-order valence-corrected chi connectivity index (χ0v) is 18.3. The van der Waals surface area contributed by atoms with Gasteiger partial charge in [-0.2, -0.15) is 11.3 Å². The lowest BCUT2D eigenvalue weighted by atomic mass is 10.1. The maximum absolute atomic E-state index is 12.3. The molecule has 0 saturated carbocycles. The number of carbonyl (C=O) groups is 1. The number of benzene rings is 1. The molecule has 0 fully saturated rings. The van der Waals surface area contributed by atoms with E-state index >= 15 is 0 Å². The Morgan fingerprint density at radius 3 is 2.70 bits per heavy atom. The molecule has 6 nitrogen and oxygen atoms in total. The Hall–Kier alpha value is -2.84. The van der Waals surface area contributed by atoms with Gasteiger partial charge < -0.3 is 9.73 Å². The van der Waals surface area contributed by atoms with Crippen molar-refractivity contribution in [2.45, 2.75) is 39.0 Å². The van der Waals surface area contributed by atoms with Crippen LogP contribution in [0, 0.1) is 0 Å². The summed E-state index contributed by atoms with van der Waals surface area (Å²) in [5, 5.41) is 17.4. The van der Waals surface area contributed by atoms with Crippen molar-refractivity contribution in [2.24, 2.45) is 0 Å². The largest absolute Gasteiger partial charge is 0.421 e. The van der Waals surface area contributed by atoms with Crippen LogP contribution in [0.1, 0.15) is 37.6 Å². The number of thiazole rings is 1. The lowest BCUT2D eigenvalue weighted by molar-refractivity contribution is -0.116. The van der Waals surface area contributed by atoms with Gasteiger partial charge in [0.25, 0.3) is 0 Å². The van der Waals surface area contributed by atoms with Crippen molar-refractivity contribution >= 4 is 33.7 Å². The van der Waals surface area contributed by atoms with E-state index < -0.39 is 0 Å². The van der Waals surface area contributed by atoms with Gasteiger partial charge in [0.15, 0.2) is 5.13 Å². The summed E-state index contributed by atoms with van der Waals surface area (Å²) in [5.41, 5.74) is 4.16. The molecule has 8 heteroatoms. The third-order valence-corrected chi connectivity index (χ3v) is 6.06. The first kappa shape index (κ1) is 20.4. The Balaban J connectivity index is 1.29. The van der Waals surface area contributed by atoms with Gasteiger partial charge in [-0.05, 0) is 29.9 Å². The molecule has 1 N–H and O–H groups in total. The van der Waals surface area contributed by atoms with Crippen molar-refractivity contribution in [2.75, 3.05) is 5.32 Å². The number of anilines is 1. The second-order valence-corrected chi connectivity index (χ2v) is 8.54. The van der Waals surface area contributed by atoms with E-state index in [1.54, 1.807) is 11.3 Å². The van der Waals surface area contributed by atoms with Crippen LogP contribution in [0.2, 0.25) is 0 Å². The number of carbonyl (C=O) groups excluding carboxylic acids is 1. The van der Waals surface area contributed by atoms with Crippen molar-refractivity contribution in [1.82, 2.24) is 15.2 Å². The van der Waals surface area contributed by atoms with Crippen LogP contribution in [0.3, 0.4) is 0 Å². The number of nitrogens with one attached hydrogen (secondary N) is 1. The van der Waals surface area contributed by atoms with E-state index in [2.05, 4.69) is 51.7 Å². The minimum Gasteiger partial charge on any atom is -0.421 e. The number of aryl methyl sites for hydroxylation is 2. The van der Waals surface area contributed by atoms with Gasteiger partial charge >= 0.3 is 0 Å². The lowest BCUT2D eigenvalue weighted by Crippen LogP contribution is -2.12. The average Bonchev–Trinajstić information content (AvgIpc) is 3.52. The van der Waals surface area contributed by atoms with E-state index in [9.17, 15) is 4.79 Å². The second-order valence-electron chi connectivity index (χ2n) is 6.90. The van der Waals surface area contributed by atoms with Crippen molar-refractivity contribution in [3.05, 3.63) is 57.9 Å². The third-order valence-electron chi connectivity index (χ3n) is 4.62. The Labute approximate surface area is 183 Å². The first-order valence-electron chi connectivity index (χ1n) is 9.91. The molecule has 0 saturated heterocycles. The number of aromatic nitrogens is 3. The van der Waals surface area contributed by atoms with Gasteiger partial charge in [0.05, 0.1) is 5.69 Å². The van der Waals surface area contributed by atoms with Crippen LogP contribution in [-0.2, 0) is 17.6 Å². The molecule has 0 aliphatic carbocycles. The summed E-state index contributed by atoms with van der Waals surface area (Å²) in [5.74, 6) is 0.812. The van der Waals surface area contributed by atoms with E-state index in [4.69, 9.17) is 4.42 Å². The molecule has 4 rings (SSSR count). The molecular formula is C22H22N4O2S2. The molecule has 30 heavy (non-hydrogen) atoms. The first-order valence-corrected chi connectivity index (χ1v) is 11.7. The summed E-state index contributed by atoms with van der Waals surface area (Å²) in [6, 6.07) is 10.4. The quantitative estimate of drug-likeness (QED) is 0.355. The van der Waals surface area contributed by atoms with Gasteiger partial charge in [-0.15, -0.1) is 21.5 Å². The molecular weight excluding hydrogens is 416 g/mol. The van der Waals surface area contributed by atoms with E-state index in [1.165, 1.54) is 29.7 Å². The number of amides is 1. The topological polar surface area (TPSA) is 80.9 Å². The van der Waals surface area contributed by atoms with Crippen LogP contribution >= 0.6 is 22.7 Å². The van der Waals surface area contributed by atoms with E-state index in [0.717, 1.165) is 23.2 Å². The van der Waals surface area contributed by atoms with Crippen molar-refractivity contribution in [1.29, 1.82) is 0 Å². The highest BCUT2D eigenvalue weighted by Gasteiger charge is 2.12. The summed E-state index contributed by atoms with van der Waals surface area (Å²) < 4.78 is 5.62. The molecule has 0 atom stereocenters. The zero-order chi connectivity index (χ0) is 20.8. The number of hydrogen-bond acceptors (Lipinski definition) is 7. The fraction of sp³-hybridized carbons (Fsp3) is 0.273. The number of thiophene rings is 1. The number of nitrogens with zero attached hydrogens (tertiary/aromatic N) is 3. The molecule has 0 aliphatic rings. The summed E-state index contributed by atoms with van der Waals surface area (Å²) >= 11 is 2.99. The van der Waals surface area contributed by atoms with E-state index in [-0.39, 0.29) is 12.3 Å². The third kappa shape index (κ3) is 5.20.